The zero-order valence-corrected chi connectivity index (χ0v) is 13.5. The Hall–Kier alpha value is -0.570. The maximum Gasteiger partial charge on any atom is 0.323 e. The molecule has 3 heteroatoms. The summed E-state index contributed by atoms with van der Waals surface area (Å²) in [5, 5.41) is 0. The Morgan fingerprint density at radius 1 is 1.00 bits per heavy atom. The van der Waals surface area contributed by atoms with E-state index in [4.69, 9.17) is 4.74 Å². The third-order valence-corrected chi connectivity index (χ3v) is 4.22. The van der Waals surface area contributed by atoms with Crippen molar-refractivity contribution < 1.29 is 9.53 Å². The Morgan fingerprint density at radius 2 is 1.65 bits per heavy atom. The first-order valence-corrected chi connectivity index (χ1v) is 8.70. The van der Waals surface area contributed by atoms with Gasteiger partial charge in [-0.15, -0.1) is 0 Å². The monoisotopic (exact) mass is 283 g/mol. The molecule has 1 aliphatic heterocycles. The summed E-state index contributed by atoms with van der Waals surface area (Å²) in [6, 6.07) is 0.0152. The third kappa shape index (κ3) is 6.74. The van der Waals surface area contributed by atoms with Crippen LogP contribution in [0.15, 0.2) is 0 Å². The van der Waals surface area contributed by atoms with E-state index in [9.17, 15) is 4.79 Å². The van der Waals surface area contributed by atoms with Gasteiger partial charge in [0.25, 0.3) is 0 Å². The van der Waals surface area contributed by atoms with Crippen molar-refractivity contribution in [3.8, 4) is 0 Å². The molecule has 0 N–H and O–H groups in total. The molecule has 0 amide bonds. The van der Waals surface area contributed by atoms with Gasteiger partial charge in [0.05, 0.1) is 6.61 Å². The number of hydrogen-bond donors (Lipinski definition) is 0. The summed E-state index contributed by atoms with van der Waals surface area (Å²) in [6.07, 6.45) is 12.4. The topological polar surface area (TPSA) is 29.5 Å². The predicted molar refractivity (Wildman–Crippen MR) is 83.8 cm³/mol. The van der Waals surface area contributed by atoms with Crippen LogP contribution in [0.5, 0.6) is 0 Å². The molecule has 0 aromatic heterocycles. The lowest BCUT2D eigenvalue weighted by Gasteiger charge is -2.33. The van der Waals surface area contributed by atoms with E-state index in [0.717, 1.165) is 25.9 Å². The highest BCUT2D eigenvalue weighted by Gasteiger charge is 2.27. The van der Waals surface area contributed by atoms with Gasteiger partial charge in [-0.3, -0.25) is 9.69 Å². The number of piperidine rings is 1. The van der Waals surface area contributed by atoms with Gasteiger partial charge in [0.2, 0.25) is 0 Å². The van der Waals surface area contributed by atoms with E-state index in [1.165, 1.54) is 51.4 Å². The van der Waals surface area contributed by atoms with Gasteiger partial charge >= 0.3 is 5.97 Å². The molecule has 1 saturated heterocycles. The second-order valence-corrected chi connectivity index (χ2v) is 5.92. The summed E-state index contributed by atoms with van der Waals surface area (Å²) in [6.45, 7) is 6.78. The average Bonchev–Trinajstić information content (AvgIpc) is 2.47. The molecule has 0 aromatic carbocycles. The van der Waals surface area contributed by atoms with Crippen LogP contribution in [0.25, 0.3) is 0 Å². The van der Waals surface area contributed by atoms with Gasteiger partial charge in [0.15, 0.2) is 0 Å². The van der Waals surface area contributed by atoms with E-state index in [1.54, 1.807) is 0 Å². The number of carbonyl (C=O) groups excluding carboxylic acids is 1. The standard InChI is InChI=1S/C17H33NO2/c1-3-5-6-7-8-10-13-16(17(19)20-4-2)18-14-11-9-12-15-18/h16H,3-15H2,1-2H3. The highest BCUT2D eigenvalue weighted by atomic mass is 16.5. The van der Waals surface area contributed by atoms with Crippen molar-refractivity contribution in [3.63, 3.8) is 0 Å². The molecule has 0 spiro atoms. The minimum atomic E-state index is 0.00274. The molecule has 0 aromatic rings. The number of carbonyl (C=O) groups is 1. The molecular formula is C17H33NO2. The molecule has 118 valence electrons. The average molecular weight is 283 g/mol. The fourth-order valence-corrected chi connectivity index (χ4v) is 3.04. The Balaban J connectivity index is 2.31. The van der Waals surface area contributed by atoms with Crippen LogP contribution in [0.2, 0.25) is 0 Å². The van der Waals surface area contributed by atoms with Crippen LogP contribution in [0.1, 0.15) is 78.1 Å². The molecule has 1 heterocycles. The first kappa shape index (κ1) is 17.5. The summed E-state index contributed by atoms with van der Waals surface area (Å²) < 4.78 is 5.27. The minimum Gasteiger partial charge on any atom is -0.465 e. The molecular weight excluding hydrogens is 250 g/mol. The van der Waals surface area contributed by atoms with Gasteiger partial charge in [-0.05, 0) is 39.3 Å². The van der Waals surface area contributed by atoms with Crippen LogP contribution >= 0.6 is 0 Å². The number of likely N-dealkylation sites (tertiary alicyclic amines) is 1. The zero-order valence-electron chi connectivity index (χ0n) is 13.5. The fourth-order valence-electron chi connectivity index (χ4n) is 3.04. The Bertz CT molecular complexity index is 249. The van der Waals surface area contributed by atoms with E-state index in [0.29, 0.717) is 6.61 Å². The molecule has 0 aliphatic carbocycles. The van der Waals surface area contributed by atoms with Crippen molar-refractivity contribution >= 4 is 5.97 Å². The second-order valence-electron chi connectivity index (χ2n) is 5.92. The molecule has 1 atom stereocenters. The van der Waals surface area contributed by atoms with E-state index in [1.807, 2.05) is 6.92 Å². The van der Waals surface area contributed by atoms with E-state index in [-0.39, 0.29) is 12.0 Å². The lowest BCUT2D eigenvalue weighted by atomic mass is 10.0. The normalized spacial score (nSPS) is 17.9. The summed E-state index contributed by atoms with van der Waals surface area (Å²) in [7, 11) is 0. The summed E-state index contributed by atoms with van der Waals surface area (Å²) >= 11 is 0. The van der Waals surface area contributed by atoms with Crippen LogP contribution in [0.3, 0.4) is 0 Å². The number of ether oxygens (including phenoxy) is 1. The van der Waals surface area contributed by atoms with E-state index >= 15 is 0 Å². The predicted octanol–water partition coefficient (Wildman–Crippen LogP) is 4.15. The number of nitrogens with zero attached hydrogens (tertiary/aromatic N) is 1. The van der Waals surface area contributed by atoms with Gasteiger partial charge in [-0.25, -0.2) is 0 Å². The van der Waals surface area contributed by atoms with E-state index < -0.39 is 0 Å². The van der Waals surface area contributed by atoms with Crippen LogP contribution in [-0.4, -0.2) is 36.6 Å². The molecule has 0 radical (unpaired) electrons. The highest BCUT2D eigenvalue weighted by molar-refractivity contribution is 5.75. The highest BCUT2D eigenvalue weighted by Crippen LogP contribution is 2.18. The van der Waals surface area contributed by atoms with Gasteiger partial charge in [-0.2, -0.15) is 0 Å². The first-order chi connectivity index (χ1) is 9.79. The number of esters is 1. The van der Waals surface area contributed by atoms with Crippen LogP contribution in [0.4, 0.5) is 0 Å². The quantitative estimate of drug-likeness (QED) is 0.445. The van der Waals surface area contributed by atoms with Crippen molar-refractivity contribution in [2.24, 2.45) is 0 Å². The van der Waals surface area contributed by atoms with Gasteiger partial charge < -0.3 is 4.74 Å². The number of hydrogen-bond acceptors (Lipinski definition) is 3. The molecule has 1 unspecified atom stereocenters. The van der Waals surface area contributed by atoms with Crippen LogP contribution in [0, 0.1) is 0 Å². The fraction of sp³-hybridized carbons (Fsp3) is 0.941. The first-order valence-electron chi connectivity index (χ1n) is 8.70. The smallest absolute Gasteiger partial charge is 0.323 e. The van der Waals surface area contributed by atoms with Crippen LogP contribution in [-0.2, 0) is 9.53 Å². The lowest BCUT2D eigenvalue weighted by Crippen LogP contribution is -2.44. The van der Waals surface area contributed by atoms with Crippen molar-refractivity contribution in [2.45, 2.75) is 84.1 Å². The van der Waals surface area contributed by atoms with Crippen molar-refractivity contribution in [3.05, 3.63) is 0 Å². The second kappa shape index (κ2) is 11.1. The van der Waals surface area contributed by atoms with Crippen LogP contribution < -0.4 is 0 Å². The molecule has 1 aliphatic rings. The van der Waals surface area contributed by atoms with Crippen molar-refractivity contribution in [2.75, 3.05) is 19.7 Å². The van der Waals surface area contributed by atoms with Crippen molar-refractivity contribution in [1.82, 2.24) is 4.90 Å². The van der Waals surface area contributed by atoms with Crippen molar-refractivity contribution in [1.29, 1.82) is 0 Å². The maximum absolute atomic E-state index is 12.1. The number of unbranched alkanes of at least 4 members (excludes halogenated alkanes) is 5. The summed E-state index contributed by atoms with van der Waals surface area (Å²) in [5.41, 5.74) is 0. The van der Waals surface area contributed by atoms with Gasteiger partial charge in [-0.1, -0.05) is 51.9 Å². The zero-order chi connectivity index (χ0) is 14.6. The summed E-state index contributed by atoms with van der Waals surface area (Å²) in [5.74, 6) is 0.00274. The molecule has 1 fully saturated rings. The minimum absolute atomic E-state index is 0.00274. The third-order valence-electron chi connectivity index (χ3n) is 4.22. The van der Waals surface area contributed by atoms with Gasteiger partial charge in [0, 0.05) is 0 Å². The summed E-state index contributed by atoms with van der Waals surface area (Å²) in [4.78, 5) is 14.5. The lowest BCUT2D eigenvalue weighted by molar-refractivity contribution is -0.150. The molecule has 1 rings (SSSR count). The molecule has 0 saturated carbocycles. The van der Waals surface area contributed by atoms with Gasteiger partial charge in [0.1, 0.15) is 6.04 Å². The van der Waals surface area contributed by atoms with E-state index in [2.05, 4.69) is 11.8 Å². The molecule has 3 nitrogen and oxygen atoms in total. The molecule has 20 heavy (non-hydrogen) atoms. The maximum atomic E-state index is 12.1. The Morgan fingerprint density at radius 3 is 2.30 bits per heavy atom. The largest absolute Gasteiger partial charge is 0.465 e. The number of rotatable bonds is 10. The Kier molecular flexibility index (Phi) is 9.73. The molecule has 0 bridgehead atoms. The Labute approximate surface area is 125 Å². The SMILES string of the molecule is CCCCCCCCC(C(=O)OCC)N1CCCCC1.